The number of para-hydroxylation sites is 1. The molecule has 2 aromatic rings. The van der Waals surface area contributed by atoms with Crippen LogP contribution < -0.4 is 4.90 Å². The fourth-order valence-electron chi connectivity index (χ4n) is 2.49. The number of benzene rings is 1. The van der Waals surface area contributed by atoms with Gasteiger partial charge in [0, 0.05) is 18.9 Å². The van der Waals surface area contributed by atoms with E-state index in [2.05, 4.69) is 9.98 Å². The summed E-state index contributed by atoms with van der Waals surface area (Å²) in [6, 6.07) is 10.1. The first-order valence-electron chi connectivity index (χ1n) is 7.31. The van der Waals surface area contributed by atoms with Crippen LogP contribution >= 0.6 is 11.8 Å². The van der Waals surface area contributed by atoms with Gasteiger partial charge in [0.15, 0.2) is 5.17 Å². The van der Waals surface area contributed by atoms with E-state index >= 15 is 0 Å². The topological polar surface area (TPSA) is 45.6 Å². The molecule has 118 valence electrons. The van der Waals surface area contributed by atoms with E-state index in [1.165, 1.54) is 17.8 Å². The van der Waals surface area contributed by atoms with Crippen LogP contribution in [0.1, 0.15) is 19.4 Å². The summed E-state index contributed by atoms with van der Waals surface area (Å²) in [5, 5.41) is 0.516. The Balaban J connectivity index is 1.95. The average molecular weight is 329 g/mol. The number of hydrogen-bond acceptors (Lipinski definition) is 4. The van der Waals surface area contributed by atoms with Gasteiger partial charge in [-0.3, -0.25) is 9.78 Å². The van der Waals surface area contributed by atoms with Crippen molar-refractivity contribution in [2.75, 3.05) is 11.4 Å². The standard InChI is InChI=1S/C17H16FN3OS/c1-3-21(14-7-5-4-6-13(14)18)16-20-15(22)17(2,23-16)12-8-10-19-11-9-12/h4-11H,3H2,1-2H3. The van der Waals surface area contributed by atoms with Gasteiger partial charge < -0.3 is 4.90 Å². The van der Waals surface area contributed by atoms with Gasteiger partial charge in [0.05, 0.1) is 5.69 Å². The van der Waals surface area contributed by atoms with E-state index in [9.17, 15) is 9.18 Å². The van der Waals surface area contributed by atoms with Crippen LogP contribution in [0.25, 0.3) is 0 Å². The predicted octanol–water partition coefficient (Wildman–Crippen LogP) is 3.59. The van der Waals surface area contributed by atoms with Gasteiger partial charge in [-0.2, -0.15) is 4.99 Å². The number of amides is 1. The second-order valence-corrected chi connectivity index (χ2v) is 6.65. The molecule has 3 rings (SSSR count). The Bertz CT molecular complexity index is 765. The lowest BCUT2D eigenvalue weighted by atomic mass is 10.0. The van der Waals surface area contributed by atoms with Crippen molar-refractivity contribution < 1.29 is 9.18 Å². The maximum atomic E-state index is 14.1. The van der Waals surface area contributed by atoms with E-state index in [4.69, 9.17) is 0 Å². The molecule has 1 aromatic carbocycles. The van der Waals surface area contributed by atoms with Crippen molar-refractivity contribution >= 4 is 28.5 Å². The molecule has 0 saturated heterocycles. The van der Waals surface area contributed by atoms with Crippen LogP contribution in [0.5, 0.6) is 0 Å². The number of anilines is 1. The minimum Gasteiger partial charge on any atom is -0.318 e. The van der Waals surface area contributed by atoms with Crippen molar-refractivity contribution in [2.45, 2.75) is 18.6 Å². The molecule has 0 radical (unpaired) electrons. The molecule has 23 heavy (non-hydrogen) atoms. The third kappa shape index (κ3) is 2.74. The molecule has 1 atom stereocenters. The molecule has 6 heteroatoms. The smallest absolute Gasteiger partial charge is 0.269 e. The number of hydrogen-bond donors (Lipinski definition) is 0. The number of carbonyl (C=O) groups excluding carboxylic acids is 1. The van der Waals surface area contributed by atoms with Crippen LogP contribution in [0, 0.1) is 5.82 Å². The fraction of sp³-hybridized carbons (Fsp3) is 0.235. The number of amidine groups is 1. The van der Waals surface area contributed by atoms with Crippen molar-refractivity contribution in [2.24, 2.45) is 4.99 Å². The number of aromatic nitrogens is 1. The summed E-state index contributed by atoms with van der Waals surface area (Å²) in [5.74, 6) is -0.568. The zero-order valence-corrected chi connectivity index (χ0v) is 13.7. The molecule has 0 spiro atoms. The van der Waals surface area contributed by atoms with Crippen LogP contribution in [0.15, 0.2) is 53.8 Å². The zero-order chi connectivity index (χ0) is 16.4. The molecule has 0 fully saturated rings. The molecule has 1 aromatic heterocycles. The van der Waals surface area contributed by atoms with Crippen LogP contribution in [-0.2, 0) is 9.54 Å². The summed E-state index contributed by atoms with van der Waals surface area (Å²) < 4.78 is 13.3. The minimum atomic E-state index is -0.809. The molecule has 1 unspecified atom stereocenters. The maximum Gasteiger partial charge on any atom is 0.269 e. The Kier molecular flexibility index (Phi) is 4.17. The van der Waals surface area contributed by atoms with Crippen LogP contribution in [0.2, 0.25) is 0 Å². The van der Waals surface area contributed by atoms with Gasteiger partial charge in [0.1, 0.15) is 10.6 Å². The van der Waals surface area contributed by atoms with E-state index in [1.807, 2.05) is 26.0 Å². The molecule has 1 aliphatic heterocycles. The normalized spacial score (nSPS) is 20.5. The summed E-state index contributed by atoms with van der Waals surface area (Å²) in [5.41, 5.74) is 1.26. The second-order valence-electron chi connectivity index (χ2n) is 5.27. The number of pyridine rings is 1. The summed E-state index contributed by atoms with van der Waals surface area (Å²) in [7, 11) is 0. The molecular weight excluding hydrogens is 313 g/mol. The highest BCUT2D eigenvalue weighted by Gasteiger charge is 2.44. The van der Waals surface area contributed by atoms with Crippen molar-refractivity contribution in [1.82, 2.24) is 4.98 Å². The lowest BCUT2D eigenvalue weighted by molar-refractivity contribution is -0.119. The van der Waals surface area contributed by atoms with Crippen LogP contribution in [-0.4, -0.2) is 22.6 Å². The quantitative estimate of drug-likeness (QED) is 0.863. The van der Waals surface area contributed by atoms with Crippen molar-refractivity contribution in [3.63, 3.8) is 0 Å². The van der Waals surface area contributed by atoms with E-state index in [-0.39, 0.29) is 11.7 Å². The number of carbonyl (C=O) groups is 1. The van der Waals surface area contributed by atoms with Gasteiger partial charge in [-0.15, -0.1) is 0 Å². The molecule has 1 amide bonds. The number of nitrogens with zero attached hydrogens (tertiary/aromatic N) is 3. The summed E-state index contributed by atoms with van der Waals surface area (Å²) in [4.78, 5) is 22.4. The zero-order valence-electron chi connectivity index (χ0n) is 12.9. The third-order valence-corrected chi connectivity index (χ3v) is 5.14. The summed E-state index contributed by atoms with van der Waals surface area (Å²) in [6.45, 7) is 4.26. The maximum absolute atomic E-state index is 14.1. The highest BCUT2D eigenvalue weighted by Crippen LogP contribution is 2.44. The lowest BCUT2D eigenvalue weighted by Crippen LogP contribution is -2.30. The lowest BCUT2D eigenvalue weighted by Gasteiger charge is -2.25. The van der Waals surface area contributed by atoms with Crippen LogP contribution in [0.3, 0.4) is 0 Å². The van der Waals surface area contributed by atoms with Crippen molar-refractivity contribution in [3.05, 3.63) is 60.2 Å². The molecule has 1 aliphatic rings. The van der Waals surface area contributed by atoms with Gasteiger partial charge in [0.25, 0.3) is 5.91 Å². The monoisotopic (exact) mass is 329 g/mol. The molecule has 0 N–H and O–H groups in total. The average Bonchev–Trinajstić information content (AvgIpc) is 2.87. The first-order valence-corrected chi connectivity index (χ1v) is 8.12. The number of halogens is 1. The van der Waals surface area contributed by atoms with E-state index < -0.39 is 4.75 Å². The number of rotatable bonds is 3. The van der Waals surface area contributed by atoms with E-state index in [1.54, 1.807) is 35.5 Å². The second kappa shape index (κ2) is 6.12. The van der Waals surface area contributed by atoms with Crippen LogP contribution in [0.4, 0.5) is 10.1 Å². The predicted molar refractivity (Wildman–Crippen MR) is 91.0 cm³/mol. The Morgan fingerprint density at radius 2 is 1.91 bits per heavy atom. The highest BCUT2D eigenvalue weighted by atomic mass is 32.2. The Labute approximate surface area is 138 Å². The highest BCUT2D eigenvalue weighted by molar-refractivity contribution is 8.16. The van der Waals surface area contributed by atoms with E-state index in [0.29, 0.717) is 17.4 Å². The first-order chi connectivity index (χ1) is 11.1. The van der Waals surface area contributed by atoms with Crippen molar-refractivity contribution in [3.8, 4) is 0 Å². The number of aliphatic imine (C=N–C) groups is 1. The van der Waals surface area contributed by atoms with Crippen molar-refractivity contribution in [1.29, 1.82) is 0 Å². The molecule has 0 aliphatic carbocycles. The summed E-state index contributed by atoms with van der Waals surface area (Å²) in [6.07, 6.45) is 3.31. The fourth-order valence-corrected chi connectivity index (χ4v) is 3.71. The van der Waals surface area contributed by atoms with E-state index in [0.717, 1.165) is 5.56 Å². The number of thioether (sulfide) groups is 1. The van der Waals surface area contributed by atoms with Gasteiger partial charge in [-0.1, -0.05) is 23.9 Å². The molecular formula is C17H16FN3OS. The van der Waals surface area contributed by atoms with Gasteiger partial charge in [-0.05, 0) is 43.7 Å². The summed E-state index contributed by atoms with van der Waals surface area (Å²) >= 11 is 1.34. The van der Waals surface area contributed by atoms with Gasteiger partial charge in [-0.25, -0.2) is 4.39 Å². The Morgan fingerprint density at radius 1 is 1.22 bits per heavy atom. The molecule has 0 bridgehead atoms. The molecule has 4 nitrogen and oxygen atoms in total. The molecule has 2 heterocycles. The Hall–Kier alpha value is -2.21. The first kappa shape index (κ1) is 15.7. The Morgan fingerprint density at radius 3 is 2.57 bits per heavy atom. The minimum absolute atomic E-state index is 0.238. The third-order valence-electron chi connectivity index (χ3n) is 3.82. The van der Waals surface area contributed by atoms with Gasteiger partial charge >= 0.3 is 0 Å². The SMILES string of the molecule is CCN(C1=NC(=O)C(C)(c2ccncc2)S1)c1ccccc1F. The largest absolute Gasteiger partial charge is 0.318 e. The van der Waals surface area contributed by atoms with Gasteiger partial charge in [0.2, 0.25) is 0 Å². The molecule has 0 saturated carbocycles.